The fourth-order valence-corrected chi connectivity index (χ4v) is 3.61. The van der Waals surface area contributed by atoms with E-state index in [1.54, 1.807) is 18.2 Å². The van der Waals surface area contributed by atoms with E-state index in [1.165, 1.54) is 12.1 Å². The number of hydrogen-bond acceptors (Lipinski definition) is 4. The molecule has 0 spiro atoms. The van der Waals surface area contributed by atoms with E-state index < -0.39 is 21.7 Å². The standard InChI is InChI=1S/C20H14F3N3O2S/c1-29(27,28)14-9-10-19(24-12-14)26-17(11-18(25-26)20(21,22)23)16-8-4-6-13-5-2-3-7-15(13)16/h2-12H,1H3. The lowest BCUT2D eigenvalue weighted by Crippen LogP contribution is -2.08. The van der Waals surface area contributed by atoms with Crippen molar-refractivity contribution in [1.82, 2.24) is 14.8 Å². The summed E-state index contributed by atoms with van der Waals surface area (Å²) < 4.78 is 64.5. The minimum Gasteiger partial charge on any atom is -0.236 e. The van der Waals surface area contributed by atoms with Gasteiger partial charge < -0.3 is 0 Å². The quantitative estimate of drug-likeness (QED) is 0.492. The van der Waals surface area contributed by atoms with Crippen molar-refractivity contribution in [3.8, 4) is 17.1 Å². The molecule has 0 N–H and O–H groups in total. The van der Waals surface area contributed by atoms with Crippen LogP contribution in [0.2, 0.25) is 0 Å². The summed E-state index contributed by atoms with van der Waals surface area (Å²) in [6.45, 7) is 0. The Hall–Kier alpha value is -3.20. The fourth-order valence-electron chi connectivity index (χ4n) is 3.05. The summed E-state index contributed by atoms with van der Waals surface area (Å²) in [6, 6.07) is 16.2. The molecular formula is C20H14F3N3O2S. The minimum absolute atomic E-state index is 0.0313. The summed E-state index contributed by atoms with van der Waals surface area (Å²) in [5.41, 5.74) is -0.303. The first kappa shape index (κ1) is 19.1. The Balaban J connectivity index is 1.96. The average molecular weight is 417 g/mol. The number of hydrogen-bond donors (Lipinski definition) is 0. The molecule has 2 heterocycles. The van der Waals surface area contributed by atoms with Gasteiger partial charge >= 0.3 is 6.18 Å². The highest BCUT2D eigenvalue weighted by atomic mass is 32.2. The number of benzene rings is 2. The lowest BCUT2D eigenvalue weighted by Gasteiger charge is -2.10. The number of halogens is 3. The van der Waals surface area contributed by atoms with Gasteiger partial charge in [0, 0.05) is 18.0 Å². The molecule has 0 amide bonds. The molecule has 148 valence electrons. The van der Waals surface area contributed by atoms with Crippen LogP contribution in [0.25, 0.3) is 27.8 Å². The van der Waals surface area contributed by atoms with Gasteiger partial charge in [0.05, 0.1) is 10.6 Å². The van der Waals surface area contributed by atoms with Crippen molar-refractivity contribution in [3.05, 3.63) is 72.6 Å². The lowest BCUT2D eigenvalue weighted by atomic mass is 10.0. The van der Waals surface area contributed by atoms with Crippen LogP contribution >= 0.6 is 0 Å². The molecule has 0 fully saturated rings. The number of fused-ring (bicyclic) bond motifs is 1. The third-order valence-electron chi connectivity index (χ3n) is 4.43. The van der Waals surface area contributed by atoms with Gasteiger partial charge in [-0.05, 0) is 29.0 Å². The zero-order chi connectivity index (χ0) is 20.8. The molecule has 0 aliphatic heterocycles. The molecule has 9 heteroatoms. The van der Waals surface area contributed by atoms with Crippen LogP contribution in [0.4, 0.5) is 13.2 Å². The molecule has 0 bridgehead atoms. The molecule has 0 aliphatic carbocycles. The van der Waals surface area contributed by atoms with Crippen LogP contribution in [-0.4, -0.2) is 29.4 Å². The van der Waals surface area contributed by atoms with Crippen molar-refractivity contribution in [2.75, 3.05) is 6.26 Å². The first-order valence-corrected chi connectivity index (χ1v) is 10.4. The van der Waals surface area contributed by atoms with E-state index in [0.29, 0.717) is 5.56 Å². The summed E-state index contributed by atoms with van der Waals surface area (Å²) in [6.07, 6.45) is -2.51. The van der Waals surface area contributed by atoms with E-state index in [1.807, 2.05) is 24.3 Å². The normalized spacial score (nSPS) is 12.4. The Labute approximate surface area is 164 Å². The van der Waals surface area contributed by atoms with Crippen LogP contribution in [0.1, 0.15) is 5.69 Å². The Morgan fingerprint density at radius 2 is 1.69 bits per heavy atom. The maximum absolute atomic E-state index is 13.4. The molecule has 4 aromatic rings. The van der Waals surface area contributed by atoms with Gasteiger partial charge in [0.1, 0.15) is 0 Å². The first-order valence-electron chi connectivity index (χ1n) is 8.46. The number of alkyl halides is 3. The van der Waals surface area contributed by atoms with E-state index in [4.69, 9.17) is 0 Å². The lowest BCUT2D eigenvalue weighted by molar-refractivity contribution is -0.141. The van der Waals surface area contributed by atoms with Gasteiger partial charge in [-0.15, -0.1) is 0 Å². The van der Waals surface area contributed by atoms with Crippen molar-refractivity contribution in [2.24, 2.45) is 0 Å². The van der Waals surface area contributed by atoms with Crippen LogP contribution in [-0.2, 0) is 16.0 Å². The first-order chi connectivity index (χ1) is 13.6. The van der Waals surface area contributed by atoms with Gasteiger partial charge in [-0.25, -0.2) is 18.1 Å². The second kappa shape index (κ2) is 6.70. The molecule has 2 aromatic carbocycles. The molecule has 0 aliphatic rings. The monoisotopic (exact) mass is 417 g/mol. The third kappa shape index (κ3) is 3.61. The second-order valence-corrected chi connectivity index (χ2v) is 8.49. The van der Waals surface area contributed by atoms with E-state index in [2.05, 4.69) is 10.1 Å². The number of aromatic nitrogens is 3. The number of nitrogens with zero attached hydrogens (tertiary/aromatic N) is 3. The zero-order valence-corrected chi connectivity index (χ0v) is 15.9. The highest BCUT2D eigenvalue weighted by Gasteiger charge is 2.35. The molecule has 0 saturated heterocycles. The second-order valence-electron chi connectivity index (χ2n) is 6.48. The molecule has 0 unspecified atom stereocenters. The highest BCUT2D eigenvalue weighted by molar-refractivity contribution is 7.90. The summed E-state index contributed by atoms with van der Waals surface area (Å²) >= 11 is 0. The Kier molecular flexibility index (Phi) is 4.42. The Bertz CT molecular complexity index is 1310. The molecule has 4 rings (SSSR count). The predicted octanol–water partition coefficient (Wildman–Crippen LogP) is 4.51. The van der Waals surface area contributed by atoms with Crippen molar-refractivity contribution in [3.63, 3.8) is 0 Å². The highest BCUT2D eigenvalue weighted by Crippen LogP contribution is 2.35. The van der Waals surface area contributed by atoms with Gasteiger partial charge in [0.25, 0.3) is 0 Å². The van der Waals surface area contributed by atoms with E-state index in [0.717, 1.165) is 34.0 Å². The Morgan fingerprint density at radius 1 is 0.966 bits per heavy atom. The van der Waals surface area contributed by atoms with E-state index in [-0.39, 0.29) is 16.4 Å². The van der Waals surface area contributed by atoms with Crippen LogP contribution in [0.15, 0.2) is 71.8 Å². The van der Waals surface area contributed by atoms with Gasteiger partial charge in [-0.2, -0.15) is 18.3 Å². The van der Waals surface area contributed by atoms with Crippen LogP contribution in [0.5, 0.6) is 0 Å². The zero-order valence-electron chi connectivity index (χ0n) is 15.1. The average Bonchev–Trinajstić information content (AvgIpc) is 3.12. The van der Waals surface area contributed by atoms with E-state index >= 15 is 0 Å². The van der Waals surface area contributed by atoms with Gasteiger partial charge in [-0.3, -0.25) is 0 Å². The summed E-state index contributed by atoms with van der Waals surface area (Å²) in [5.74, 6) is 0.0795. The van der Waals surface area contributed by atoms with Crippen LogP contribution in [0.3, 0.4) is 0 Å². The third-order valence-corrected chi connectivity index (χ3v) is 5.53. The summed E-state index contributed by atoms with van der Waals surface area (Å²) in [5, 5.41) is 5.34. The fraction of sp³-hybridized carbons (Fsp3) is 0.100. The van der Waals surface area contributed by atoms with Crippen molar-refractivity contribution in [1.29, 1.82) is 0 Å². The molecule has 5 nitrogen and oxygen atoms in total. The van der Waals surface area contributed by atoms with Crippen LogP contribution < -0.4 is 0 Å². The molecule has 2 aromatic heterocycles. The van der Waals surface area contributed by atoms with Crippen LogP contribution in [0, 0.1) is 0 Å². The van der Waals surface area contributed by atoms with Gasteiger partial charge in [0.15, 0.2) is 21.3 Å². The maximum Gasteiger partial charge on any atom is 0.435 e. The van der Waals surface area contributed by atoms with Gasteiger partial charge in [-0.1, -0.05) is 42.5 Å². The molecule has 0 atom stereocenters. The summed E-state index contributed by atoms with van der Waals surface area (Å²) in [7, 11) is -3.48. The van der Waals surface area contributed by atoms with Crippen molar-refractivity contribution < 1.29 is 21.6 Å². The van der Waals surface area contributed by atoms with Crippen molar-refractivity contribution >= 4 is 20.6 Å². The molecular weight excluding hydrogens is 403 g/mol. The summed E-state index contributed by atoms with van der Waals surface area (Å²) in [4.78, 5) is 4.00. The number of pyridine rings is 1. The smallest absolute Gasteiger partial charge is 0.236 e. The number of sulfone groups is 1. The molecule has 0 saturated carbocycles. The molecule has 0 radical (unpaired) electrons. The molecule has 29 heavy (non-hydrogen) atoms. The Morgan fingerprint density at radius 3 is 2.34 bits per heavy atom. The van der Waals surface area contributed by atoms with Crippen molar-refractivity contribution in [2.45, 2.75) is 11.1 Å². The topological polar surface area (TPSA) is 64.8 Å². The van der Waals surface area contributed by atoms with E-state index in [9.17, 15) is 21.6 Å². The SMILES string of the molecule is CS(=O)(=O)c1ccc(-n2nc(C(F)(F)F)cc2-c2cccc3ccccc23)nc1. The maximum atomic E-state index is 13.4. The largest absolute Gasteiger partial charge is 0.435 e. The minimum atomic E-state index is -4.64. The number of rotatable bonds is 3. The van der Waals surface area contributed by atoms with Gasteiger partial charge in [0.2, 0.25) is 0 Å². The predicted molar refractivity (Wildman–Crippen MR) is 102 cm³/mol.